The Balaban J connectivity index is 2.05. The fraction of sp³-hybridized carbons (Fsp3) is 0.412. The molecule has 0 N–H and O–H groups in total. The molecule has 0 bridgehead atoms. The van der Waals surface area contributed by atoms with Crippen molar-refractivity contribution in [3.05, 3.63) is 47.0 Å². The van der Waals surface area contributed by atoms with E-state index in [2.05, 4.69) is 30.8 Å². The standard InChI is InChI=1S/C17H22N2OS/c1-4-15(5-2)19(3)17-18-14(12-21-17)11-16(20)13-9-7-6-8-10-13/h6-10,12,15H,4-5,11H2,1-3H3. The number of rotatable bonds is 7. The number of anilines is 1. The molecule has 2 rings (SSSR count). The predicted molar refractivity (Wildman–Crippen MR) is 89.4 cm³/mol. The highest BCUT2D eigenvalue weighted by Crippen LogP contribution is 2.24. The van der Waals surface area contributed by atoms with Crippen LogP contribution in [0.5, 0.6) is 0 Å². The highest BCUT2D eigenvalue weighted by molar-refractivity contribution is 7.13. The number of carbonyl (C=O) groups is 1. The number of hydrogen-bond donors (Lipinski definition) is 0. The van der Waals surface area contributed by atoms with E-state index in [0.29, 0.717) is 12.5 Å². The van der Waals surface area contributed by atoms with Gasteiger partial charge in [-0.05, 0) is 12.8 Å². The number of thiazole rings is 1. The summed E-state index contributed by atoms with van der Waals surface area (Å²) in [7, 11) is 2.08. The van der Waals surface area contributed by atoms with Crippen LogP contribution in [0, 0.1) is 0 Å². The van der Waals surface area contributed by atoms with E-state index in [9.17, 15) is 4.79 Å². The Labute approximate surface area is 130 Å². The number of Topliss-reactive ketones (excluding diaryl/α,β-unsaturated/α-hetero) is 1. The molecule has 0 aliphatic carbocycles. The SMILES string of the molecule is CCC(CC)N(C)c1nc(CC(=O)c2ccccc2)cs1. The first kappa shape index (κ1) is 15.7. The Bertz CT molecular complexity index is 575. The van der Waals surface area contributed by atoms with Gasteiger partial charge in [0, 0.05) is 24.0 Å². The van der Waals surface area contributed by atoms with E-state index >= 15 is 0 Å². The summed E-state index contributed by atoms with van der Waals surface area (Å²) in [5.41, 5.74) is 1.61. The number of ketones is 1. The molecule has 0 spiro atoms. The molecule has 0 aliphatic rings. The number of aromatic nitrogens is 1. The Kier molecular flexibility index (Phi) is 5.51. The maximum Gasteiger partial charge on any atom is 0.185 e. The topological polar surface area (TPSA) is 33.2 Å². The zero-order valence-corrected chi connectivity index (χ0v) is 13.7. The third-order valence-electron chi connectivity index (χ3n) is 3.77. The highest BCUT2D eigenvalue weighted by Gasteiger charge is 2.16. The zero-order valence-electron chi connectivity index (χ0n) is 12.9. The van der Waals surface area contributed by atoms with Gasteiger partial charge in [0.15, 0.2) is 10.9 Å². The monoisotopic (exact) mass is 302 g/mol. The van der Waals surface area contributed by atoms with Gasteiger partial charge in [-0.15, -0.1) is 11.3 Å². The Morgan fingerprint density at radius 1 is 1.24 bits per heavy atom. The average Bonchev–Trinajstić information content (AvgIpc) is 2.97. The molecule has 1 aromatic heterocycles. The lowest BCUT2D eigenvalue weighted by atomic mass is 10.1. The van der Waals surface area contributed by atoms with Crippen molar-refractivity contribution >= 4 is 22.3 Å². The Morgan fingerprint density at radius 3 is 2.52 bits per heavy atom. The summed E-state index contributed by atoms with van der Waals surface area (Å²) in [5, 5.41) is 2.99. The van der Waals surface area contributed by atoms with E-state index in [0.717, 1.165) is 29.2 Å². The zero-order chi connectivity index (χ0) is 15.2. The van der Waals surface area contributed by atoms with Crippen molar-refractivity contribution in [1.82, 2.24) is 4.98 Å². The molecule has 0 amide bonds. The van der Waals surface area contributed by atoms with Crippen LogP contribution >= 0.6 is 11.3 Å². The first-order valence-electron chi connectivity index (χ1n) is 7.41. The van der Waals surface area contributed by atoms with E-state index in [1.807, 2.05) is 35.7 Å². The van der Waals surface area contributed by atoms with Gasteiger partial charge in [0.2, 0.25) is 0 Å². The van der Waals surface area contributed by atoms with Gasteiger partial charge in [0.05, 0.1) is 12.1 Å². The molecule has 2 aromatic rings. The van der Waals surface area contributed by atoms with Crippen LogP contribution in [-0.4, -0.2) is 23.9 Å². The minimum atomic E-state index is 0.123. The molecule has 3 nitrogen and oxygen atoms in total. The smallest absolute Gasteiger partial charge is 0.185 e. The van der Waals surface area contributed by atoms with Crippen LogP contribution in [0.4, 0.5) is 5.13 Å². The molecule has 0 fully saturated rings. The summed E-state index contributed by atoms with van der Waals surface area (Å²) >= 11 is 1.62. The molecule has 112 valence electrons. The summed E-state index contributed by atoms with van der Waals surface area (Å²) in [5.74, 6) is 0.123. The minimum absolute atomic E-state index is 0.123. The summed E-state index contributed by atoms with van der Waals surface area (Å²) in [6.07, 6.45) is 2.58. The molecule has 0 saturated carbocycles. The van der Waals surface area contributed by atoms with Crippen LogP contribution in [0.1, 0.15) is 42.7 Å². The first-order chi connectivity index (χ1) is 10.2. The van der Waals surface area contributed by atoms with Crippen LogP contribution in [0.25, 0.3) is 0 Å². The first-order valence-corrected chi connectivity index (χ1v) is 8.29. The van der Waals surface area contributed by atoms with Crippen LogP contribution in [0.15, 0.2) is 35.7 Å². The van der Waals surface area contributed by atoms with Crippen LogP contribution in [0.3, 0.4) is 0 Å². The van der Waals surface area contributed by atoms with Crippen molar-refractivity contribution in [2.75, 3.05) is 11.9 Å². The third kappa shape index (κ3) is 3.91. The highest BCUT2D eigenvalue weighted by atomic mass is 32.1. The predicted octanol–water partition coefficient (Wildman–Crippen LogP) is 4.19. The molecule has 1 aromatic carbocycles. The van der Waals surface area contributed by atoms with Crippen molar-refractivity contribution in [3.8, 4) is 0 Å². The van der Waals surface area contributed by atoms with Gasteiger partial charge < -0.3 is 4.90 Å². The van der Waals surface area contributed by atoms with Gasteiger partial charge in [-0.25, -0.2) is 4.98 Å². The average molecular weight is 302 g/mol. The van der Waals surface area contributed by atoms with Crippen molar-refractivity contribution in [2.24, 2.45) is 0 Å². The van der Waals surface area contributed by atoms with E-state index < -0.39 is 0 Å². The molecule has 0 atom stereocenters. The number of hydrogen-bond acceptors (Lipinski definition) is 4. The van der Waals surface area contributed by atoms with E-state index in [-0.39, 0.29) is 5.78 Å². The van der Waals surface area contributed by atoms with Gasteiger partial charge >= 0.3 is 0 Å². The lowest BCUT2D eigenvalue weighted by Crippen LogP contribution is -2.30. The van der Waals surface area contributed by atoms with Crippen molar-refractivity contribution in [3.63, 3.8) is 0 Å². The Hall–Kier alpha value is -1.68. The van der Waals surface area contributed by atoms with Crippen LogP contribution in [-0.2, 0) is 6.42 Å². The lowest BCUT2D eigenvalue weighted by molar-refractivity contribution is 0.0992. The van der Waals surface area contributed by atoms with Crippen LogP contribution < -0.4 is 4.90 Å². The molecular formula is C17H22N2OS. The Morgan fingerprint density at radius 2 is 1.90 bits per heavy atom. The molecule has 0 saturated heterocycles. The number of carbonyl (C=O) groups excluding carboxylic acids is 1. The molecule has 0 aliphatic heterocycles. The fourth-order valence-corrected chi connectivity index (χ4v) is 3.29. The largest absolute Gasteiger partial charge is 0.348 e. The summed E-state index contributed by atoms with van der Waals surface area (Å²) in [4.78, 5) is 19.0. The maximum absolute atomic E-state index is 12.2. The van der Waals surface area contributed by atoms with Gasteiger partial charge in [0.1, 0.15) is 0 Å². The van der Waals surface area contributed by atoms with E-state index in [4.69, 9.17) is 0 Å². The normalized spacial score (nSPS) is 10.9. The molecule has 0 radical (unpaired) electrons. The second kappa shape index (κ2) is 7.36. The summed E-state index contributed by atoms with van der Waals surface area (Å²) < 4.78 is 0. The second-order valence-corrected chi connectivity index (χ2v) is 6.01. The molecule has 0 unspecified atom stereocenters. The quantitative estimate of drug-likeness (QED) is 0.719. The van der Waals surface area contributed by atoms with Gasteiger partial charge in [-0.3, -0.25) is 4.79 Å². The van der Waals surface area contributed by atoms with Crippen LogP contribution in [0.2, 0.25) is 0 Å². The van der Waals surface area contributed by atoms with Crippen molar-refractivity contribution < 1.29 is 4.79 Å². The van der Waals surface area contributed by atoms with Crippen molar-refractivity contribution in [1.29, 1.82) is 0 Å². The van der Waals surface area contributed by atoms with Crippen molar-refractivity contribution in [2.45, 2.75) is 39.2 Å². The summed E-state index contributed by atoms with van der Waals surface area (Å²) in [6.45, 7) is 4.39. The number of nitrogens with zero attached hydrogens (tertiary/aromatic N) is 2. The van der Waals surface area contributed by atoms with E-state index in [1.165, 1.54) is 0 Å². The molecular weight excluding hydrogens is 280 g/mol. The molecule has 1 heterocycles. The van der Waals surface area contributed by atoms with Gasteiger partial charge in [0.25, 0.3) is 0 Å². The van der Waals surface area contributed by atoms with E-state index in [1.54, 1.807) is 11.3 Å². The number of benzene rings is 1. The second-order valence-electron chi connectivity index (χ2n) is 5.17. The molecule has 4 heteroatoms. The maximum atomic E-state index is 12.2. The fourth-order valence-electron chi connectivity index (χ4n) is 2.42. The lowest BCUT2D eigenvalue weighted by Gasteiger charge is -2.25. The minimum Gasteiger partial charge on any atom is -0.348 e. The summed E-state index contributed by atoms with van der Waals surface area (Å²) in [6, 6.07) is 9.91. The van der Waals surface area contributed by atoms with Gasteiger partial charge in [-0.1, -0.05) is 44.2 Å². The third-order valence-corrected chi connectivity index (χ3v) is 4.75. The van der Waals surface area contributed by atoms with Gasteiger partial charge in [-0.2, -0.15) is 0 Å². The molecule has 21 heavy (non-hydrogen) atoms.